The Labute approximate surface area is 344 Å². The van der Waals surface area contributed by atoms with Gasteiger partial charge in [0, 0.05) is 12.4 Å². The zero-order valence-electron chi connectivity index (χ0n) is 34.0. The molecule has 0 radical (unpaired) electrons. The monoisotopic (exact) mass is 811 g/mol. The Balaban J connectivity index is 1.70. The standard InChI is InChI=1S/C46H53NO4S4/c1-43(2,3)27-17-31-39(48)32(18-27)53-34-20-29(45(7,8)9)22-36(41(34)50)55-38-24-30(46(10,11)12)23-37(42(38)51-25-26-13-15-47-16-14-26)54-35-21-28(44(4,5)6)19-33(52-31)40(35)49/h13-24,48-50H,25H2,1-12H3. The molecule has 290 valence electrons. The maximum absolute atomic E-state index is 12.2. The van der Waals surface area contributed by atoms with Crippen molar-refractivity contribution in [2.24, 2.45) is 0 Å². The molecular weight excluding hydrogens is 759 g/mol. The fourth-order valence-electron chi connectivity index (χ4n) is 5.92. The summed E-state index contributed by atoms with van der Waals surface area (Å²) in [6, 6.07) is 20.5. The third-order valence-electron chi connectivity index (χ3n) is 9.62. The molecule has 5 aromatic rings. The van der Waals surface area contributed by atoms with Crippen LogP contribution in [-0.4, -0.2) is 20.3 Å². The summed E-state index contributed by atoms with van der Waals surface area (Å²) in [5.41, 5.74) is 4.35. The highest BCUT2D eigenvalue weighted by Crippen LogP contribution is 2.55. The largest absolute Gasteiger partial charge is 0.506 e. The number of pyridine rings is 1. The fourth-order valence-corrected chi connectivity index (χ4v) is 10.4. The second kappa shape index (κ2) is 15.2. The molecule has 0 saturated carbocycles. The predicted molar refractivity (Wildman–Crippen MR) is 231 cm³/mol. The number of ether oxygens (including phenoxy) is 1. The lowest BCUT2D eigenvalue weighted by molar-refractivity contribution is 0.290. The first kappa shape index (κ1) is 41.3. The van der Waals surface area contributed by atoms with Gasteiger partial charge in [0.05, 0.1) is 39.2 Å². The molecule has 0 aliphatic carbocycles. The van der Waals surface area contributed by atoms with E-state index in [0.717, 1.165) is 37.6 Å². The van der Waals surface area contributed by atoms with Gasteiger partial charge in [-0.2, -0.15) is 0 Å². The molecule has 5 nitrogen and oxygen atoms in total. The molecule has 0 atom stereocenters. The van der Waals surface area contributed by atoms with Crippen molar-refractivity contribution in [3.8, 4) is 23.0 Å². The van der Waals surface area contributed by atoms with Gasteiger partial charge in [-0.25, -0.2) is 0 Å². The Bertz CT molecular complexity index is 2120. The molecule has 0 saturated heterocycles. The van der Waals surface area contributed by atoms with Gasteiger partial charge in [-0.15, -0.1) is 0 Å². The van der Waals surface area contributed by atoms with E-state index < -0.39 is 0 Å². The molecular formula is C46H53NO4S4. The molecule has 0 fully saturated rings. The molecule has 4 aromatic carbocycles. The second-order valence-electron chi connectivity index (χ2n) is 18.3. The van der Waals surface area contributed by atoms with Crippen LogP contribution in [0.15, 0.2) is 112 Å². The topological polar surface area (TPSA) is 82.8 Å². The van der Waals surface area contributed by atoms with Crippen molar-refractivity contribution in [3.05, 3.63) is 101 Å². The number of rotatable bonds is 3. The molecule has 8 bridgehead atoms. The summed E-state index contributed by atoms with van der Waals surface area (Å²) < 4.78 is 6.80. The van der Waals surface area contributed by atoms with Crippen LogP contribution >= 0.6 is 47.0 Å². The highest BCUT2D eigenvalue weighted by molar-refractivity contribution is 8.01. The first-order valence-electron chi connectivity index (χ1n) is 18.5. The maximum atomic E-state index is 12.2. The number of aromatic nitrogens is 1. The SMILES string of the molecule is CC(C)(C)c1cc2c(O)c(c1)Sc1cc(C(C)(C)C)cc(c1O)Sc1cc(C(C)(C)C)cc(c1OCc1ccncc1)Sc1cc(C(C)(C)C)cc(c1O)S2. The second-order valence-corrected chi connectivity index (χ2v) is 22.7. The highest BCUT2D eigenvalue weighted by atomic mass is 32.2. The van der Waals surface area contributed by atoms with E-state index in [9.17, 15) is 15.3 Å². The molecule has 1 aliphatic rings. The third kappa shape index (κ3) is 9.27. The van der Waals surface area contributed by atoms with Crippen LogP contribution in [0.3, 0.4) is 0 Å². The number of phenols is 3. The summed E-state index contributed by atoms with van der Waals surface area (Å²) in [6.45, 7) is 26.4. The van der Waals surface area contributed by atoms with Crippen LogP contribution in [0, 0.1) is 0 Å². The fraction of sp³-hybridized carbons (Fsp3) is 0.370. The molecule has 1 aliphatic heterocycles. The van der Waals surface area contributed by atoms with Crippen molar-refractivity contribution in [2.45, 2.75) is 151 Å². The van der Waals surface area contributed by atoms with Gasteiger partial charge in [-0.05, 0) is 110 Å². The molecule has 9 heteroatoms. The Hall–Kier alpha value is -3.37. The summed E-state index contributed by atoms with van der Waals surface area (Å²) in [4.78, 5) is 9.88. The van der Waals surface area contributed by atoms with E-state index >= 15 is 0 Å². The Morgan fingerprint density at radius 1 is 0.436 bits per heavy atom. The van der Waals surface area contributed by atoms with Crippen LogP contribution in [0.5, 0.6) is 23.0 Å². The van der Waals surface area contributed by atoms with Gasteiger partial charge in [-0.1, -0.05) is 130 Å². The number of nitrogens with zero attached hydrogens (tertiary/aromatic N) is 1. The van der Waals surface area contributed by atoms with Gasteiger partial charge in [0.15, 0.2) is 0 Å². The third-order valence-corrected chi connectivity index (χ3v) is 13.8. The van der Waals surface area contributed by atoms with Crippen molar-refractivity contribution in [2.75, 3.05) is 0 Å². The Kier molecular flexibility index (Phi) is 11.4. The molecule has 3 N–H and O–H groups in total. The van der Waals surface area contributed by atoms with Crippen LogP contribution in [0.1, 0.15) is 111 Å². The summed E-state index contributed by atoms with van der Waals surface area (Å²) in [6.07, 6.45) is 3.53. The zero-order chi connectivity index (χ0) is 40.2. The Morgan fingerprint density at radius 2 is 0.691 bits per heavy atom. The molecule has 55 heavy (non-hydrogen) atoms. The van der Waals surface area contributed by atoms with Crippen molar-refractivity contribution in [3.63, 3.8) is 0 Å². The van der Waals surface area contributed by atoms with Crippen LogP contribution in [0.25, 0.3) is 0 Å². The van der Waals surface area contributed by atoms with Crippen LogP contribution in [0.4, 0.5) is 0 Å². The summed E-state index contributed by atoms with van der Waals surface area (Å²) >= 11 is 5.69. The normalized spacial score (nSPS) is 13.8. The van der Waals surface area contributed by atoms with Crippen molar-refractivity contribution < 1.29 is 20.1 Å². The number of hydrogen-bond donors (Lipinski definition) is 3. The number of aromatic hydroxyl groups is 3. The van der Waals surface area contributed by atoms with E-state index in [4.69, 9.17) is 4.74 Å². The van der Waals surface area contributed by atoms with Gasteiger partial charge in [0.1, 0.15) is 29.6 Å². The first-order valence-corrected chi connectivity index (χ1v) is 21.8. The molecule has 6 rings (SSSR count). The number of hydrogen-bond acceptors (Lipinski definition) is 9. The molecule has 1 aromatic heterocycles. The van der Waals surface area contributed by atoms with Gasteiger partial charge >= 0.3 is 0 Å². The maximum Gasteiger partial charge on any atom is 0.147 e. The lowest BCUT2D eigenvalue weighted by Crippen LogP contribution is -2.13. The smallest absolute Gasteiger partial charge is 0.147 e. The molecule has 0 spiro atoms. The van der Waals surface area contributed by atoms with Crippen LogP contribution in [0.2, 0.25) is 0 Å². The number of benzene rings is 4. The minimum atomic E-state index is -0.230. The van der Waals surface area contributed by atoms with Crippen molar-refractivity contribution in [1.29, 1.82) is 0 Å². The summed E-state index contributed by atoms with van der Waals surface area (Å²) in [5, 5.41) is 36.4. The van der Waals surface area contributed by atoms with E-state index in [1.807, 2.05) is 36.4 Å². The minimum Gasteiger partial charge on any atom is -0.506 e. The van der Waals surface area contributed by atoms with E-state index in [1.165, 1.54) is 47.0 Å². The van der Waals surface area contributed by atoms with Gasteiger partial charge < -0.3 is 20.1 Å². The predicted octanol–water partition coefficient (Wildman–Crippen LogP) is 13.9. The van der Waals surface area contributed by atoms with Crippen molar-refractivity contribution in [1.82, 2.24) is 4.98 Å². The minimum absolute atomic E-state index is 0.117. The highest BCUT2D eigenvalue weighted by Gasteiger charge is 2.29. The molecule has 0 unspecified atom stereocenters. The van der Waals surface area contributed by atoms with Crippen LogP contribution in [-0.2, 0) is 28.3 Å². The van der Waals surface area contributed by atoms with Crippen molar-refractivity contribution >= 4 is 47.0 Å². The lowest BCUT2D eigenvalue weighted by Gasteiger charge is -2.27. The van der Waals surface area contributed by atoms with Gasteiger partial charge in [0.25, 0.3) is 0 Å². The average Bonchev–Trinajstić information content (AvgIpc) is 3.07. The Morgan fingerprint density at radius 3 is 0.964 bits per heavy atom. The molecule has 0 amide bonds. The van der Waals surface area contributed by atoms with E-state index in [-0.39, 0.29) is 38.9 Å². The number of fused-ring (bicyclic) bond motifs is 8. The van der Waals surface area contributed by atoms with E-state index in [2.05, 4.69) is 112 Å². The van der Waals surface area contributed by atoms with Gasteiger partial charge in [0.2, 0.25) is 0 Å². The van der Waals surface area contributed by atoms with Crippen LogP contribution < -0.4 is 4.74 Å². The number of phenolic OH excluding ortho intramolecular Hbond substituents is 3. The van der Waals surface area contributed by atoms with E-state index in [0.29, 0.717) is 41.7 Å². The first-order chi connectivity index (χ1) is 25.5. The quantitative estimate of drug-likeness (QED) is 0.162. The zero-order valence-corrected chi connectivity index (χ0v) is 37.2. The molecule has 2 heterocycles. The van der Waals surface area contributed by atoms with Gasteiger partial charge in [-0.3, -0.25) is 4.98 Å². The summed E-state index contributed by atoms with van der Waals surface area (Å²) in [5.74, 6) is 1.09. The summed E-state index contributed by atoms with van der Waals surface area (Å²) in [7, 11) is 0. The van der Waals surface area contributed by atoms with E-state index in [1.54, 1.807) is 12.4 Å². The lowest BCUT2D eigenvalue weighted by atomic mass is 9.87. The average molecular weight is 812 g/mol.